The molecule has 0 spiro atoms. The minimum atomic E-state index is -0.360. The molecule has 0 atom stereocenters. The number of hydrogen-bond acceptors (Lipinski definition) is 4. The van der Waals surface area contributed by atoms with Crippen LogP contribution >= 0.6 is 11.8 Å². The molecule has 1 aliphatic rings. The molecule has 1 heterocycles. The van der Waals surface area contributed by atoms with Gasteiger partial charge in [0.25, 0.3) is 5.91 Å². The quantitative estimate of drug-likeness (QED) is 0.392. The van der Waals surface area contributed by atoms with E-state index in [9.17, 15) is 9.59 Å². The molecule has 7 heteroatoms. The van der Waals surface area contributed by atoms with Crippen molar-refractivity contribution in [1.82, 2.24) is 21.2 Å². The molecule has 25 heavy (non-hydrogen) atoms. The van der Waals surface area contributed by atoms with Gasteiger partial charge in [-0.25, -0.2) is 15.2 Å². The van der Waals surface area contributed by atoms with Gasteiger partial charge >= 0.3 is 6.03 Å². The summed E-state index contributed by atoms with van der Waals surface area (Å²) in [4.78, 5) is 28.6. The maximum Gasteiger partial charge on any atom is 0.333 e. The highest BCUT2D eigenvalue weighted by Gasteiger charge is 2.17. The summed E-state index contributed by atoms with van der Waals surface area (Å²) in [6.07, 6.45) is 10.6. The maximum atomic E-state index is 12.3. The third-order valence-corrected chi connectivity index (χ3v) is 5.32. The molecule has 3 amide bonds. The average Bonchev–Trinajstić information content (AvgIpc) is 2.64. The second kappa shape index (κ2) is 11.0. The number of thioether (sulfide) groups is 1. The number of carbonyl (C=O) groups is 2. The number of amides is 3. The Kier molecular flexibility index (Phi) is 8.59. The normalized spacial score (nSPS) is 14.8. The molecule has 3 N–H and O–H groups in total. The highest BCUT2D eigenvalue weighted by Crippen LogP contribution is 2.21. The van der Waals surface area contributed by atoms with Crippen molar-refractivity contribution in [2.75, 3.05) is 5.75 Å². The van der Waals surface area contributed by atoms with E-state index in [0.29, 0.717) is 10.6 Å². The molecule has 1 saturated carbocycles. The molecule has 138 valence electrons. The minimum Gasteiger partial charge on any atom is -0.334 e. The Morgan fingerprint density at radius 1 is 1.20 bits per heavy atom. The van der Waals surface area contributed by atoms with Gasteiger partial charge in [0.1, 0.15) is 5.03 Å². The van der Waals surface area contributed by atoms with Crippen molar-refractivity contribution in [3.05, 3.63) is 23.9 Å². The van der Waals surface area contributed by atoms with Gasteiger partial charge in [-0.05, 0) is 37.1 Å². The van der Waals surface area contributed by atoms with Crippen LogP contribution in [0, 0.1) is 0 Å². The van der Waals surface area contributed by atoms with Gasteiger partial charge in [0.2, 0.25) is 0 Å². The molecular formula is C18H28N4O2S. The Morgan fingerprint density at radius 2 is 2.00 bits per heavy atom. The summed E-state index contributed by atoms with van der Waals surface area (Å²) in [5.41, 5.74) is 5.41. The van der Waals surface area contributed by atoms with Gasteiger partial charge < -0.3 is 5.32 Å². The van der Waals surface area contributed by atoms with Crippen LogP contribution in [0.4, 0.5) is 4.79 Å². The Morgan fingerprint density at radius 3 is 2.76 bits per heavy atom. The van der Waals surface area contributed by atoms with Crippen LogP contribution in [0.3, 0.4) is 0 Å². The topological polar surface area (TPSA) is 83.1 Å². The minimum absolute atomic E-state index is 0.203. The fraction of sp³-hybridized carbons (Fsp3) is 0.611. The number of nitrogens with one attached hydrogen (secondary N) is 3. The summed E-state index contributed by atoms with van der Waals surface area (Å²) >= 11 is 1.58. The summed E-state index contributed by atoms with van der Waals surface area (Å²) < 4.78 is 0. The average molecular weight is 365 g/mol. The van der Waals surface area contributed by atoms with Gasteiger partial charge in [-0.3, -0.25) is 10.2 Å². The molecule has 1 aromatic heterocycles. The van der Waals surface area contributed by atoms with Gasteiger partial charge in [0.05, 0.1) is 5.56 Å². The first-order valence-electron chi connectivity index (χ1n) is 9.15. The zero-order chi connectivity index (χ0) is 17.9. The zero-order valence-corrected chi connectivity index (χ0v) is 15.7. The van der Waals surface area contributed by atoms with Crippen LogP contribution in [-0.4, -0.2) is 28.7 Å². The standard InChI is InChI=1S/C18H28N4O2S/c1-2-3-7-13-25-17-15(11-8-12-19-17)16(23)21-22-18(24)20-14-9-5-4-6-10-14/h8,11-12,14H,2-7,9-10,13H2,1H3,(H,21,23)(H2,20,22,24). The summed E-state index contributed by atoms with van der Waals surface area (Å²) in [7, 11) is 0. The molecule has 0 unspecified atom stereocenters. The fourth-order valence-electron chi connectivity index (χ4n) is 2.85. The Balaban J connectivity index is 1.80. The Bertz CT molecular complexity index is 562. The van der Waals surface area contributed by atoms with Crippen molar-refractivity contribution in [2.45, 2.75) is 69.4 Å². The number of hydrazine groups is 1. The van der Waals surface area contributed by atoms with E-state index in [0.717, 1.165) is 44.3 Å². The molecule has 0 aliphatic heterocycles. The van der Waals surface area contributed by atoms with E-state index in [2.05, 4.69) is 28.1 Å². The first kappa shape index (κ1) is 19.6. The maximum absolute atomic E-state index is 12.3. The van der Waals surface area contributed by atoms with E-state index in [1.165, 1.54) is 12.8 Å². The first-order valence-corrected chi connectivity index (χ1v) is 10.1. The van der Waals surface area contributed by atoms with Crippen LogP contribution in [-0.2, 0) is 0 Å². The molecule has 0 saturated heterocycles. The van der Waals surface area contributed by atoms with Crippen molar-refractivity contribution >= 4 is 23.7 Å². The molecule has 0 aromatic carbocycles. The van der Waals surface area contributed by atoms with Gasteiger partial charge in [0, 0.05) is 12.2 Å². The molecule has 1 aromatic rings. The Hall–Kier alpha value is -1.76. The van der Waals surface area contributed by atoms with Crippen LogP contribution < -0.4 is 16.2 Å². The van der Waals surface area contributed by atoms with E-state index >= 15 is 0 Å². The first-order chi connectivity index (χ1) is 12.2. The molecule has 0 radical (unpaired) electrons. The molecule has 1 aliphatic carbocycles. The van der Waals surface area contributed by atoms with Crippen LogP contribution in [0.25, 0.3) is 0 Å². The third-order valence-electron chi connectivity index (χ3n) is 4.23. The summed E-state index contributed by atoms with van der Waals surface area (Å²) in [5.74, 6) is 0.589. The lowest BCUT2D eigenvalue weighted by molar-refractivity contribution is 0.0932. The van der Waals surface area contributed by atoms with Gasteiger partial charge in [0.15, 0.2) is 0 Å². The number of nitrogens with zero attached hydrogens (tertiary/aromatic N) is 1. The van der Waals surface area contributed by atoms with E-state index in [1.54, 1.807) is 30.1 Å². The predicted octanol–water partition coefficient (Wildman–Crippen LogP) is 3.64. The highest BCUT2D eigenvalue weighted by atomic mass is 32.2. The van der Waals surface area contributed by atoms with Crippen LogP contribution in [0.2, 0.25) is 0 Å². The van der Waals surface area contributed by atoms with Crippen molar-refractivity contribution in [3.8, 4) is 0 Å². The largest absolute Gasteiger partial charge is 0.334 e. The van der Waals surface area contributed by atoms with Gasteiger partial charge in [-0.1, -0.05) is 39.0 Å². The number of rotatable bonds is 7. The lowest BCUT2D eigenvalue weighted by Crippen LogP contribution is -2.50. The summed E-state index contributed by atoms with van der Waals surface area (Å²) in [6.45, 7) is 2.16. The number of pyridine rings is 1. The number of unbranched alkanes of at least 4 members (excludes halogenated alkanes) is 2. The van der Waals surface area contributed by atoms with Crippen LogP contribution in [0.1, 0.15) is 68.6 Å². The molecule has 1 fully saturated rings. The lowest BCUT2D eigenvalue weighted by Gasteiger charge is -2.22. The van der Waals surface area contributed by atoms with Crippen molar-refractivity contribution in [2.24, 2.45) is 0 Å². The number of hydrogen-bond donors (Lipinski definition) is 3. The highest BCUT2D eigenvalue weighted by molar-refractivity contribution is 7.99. The summed E-state index contributed by atoms with van der Waals surface area (Å²) in [5, 5.41) is 3.60. The van der Waals surface area contributed by atoms with Gasteiger partial charge in [-0.15, -0.1) is 11.8 Å². The van der Waals surface area contributed by atoms with E-state index in [4.69, 9.17) is 0 Å². The van der Waals surface area contributed by atoms with Crippen molar-refractivity contribution < 1.29 is 9.59 Å². The molecule has 0 bridgehead atoms. The smallest absolute Gasteiger partial charge is 0.333 e. The molecule has 2 rings (SSSR count). The molecule has 6 nitrogen and oxygen atoms in total. The zero-order valence-electron chi connectivity index (χ0n) is 14.8. The number of urea groups is 1. The number of carbonyl (C=O) groups excluding carboxylic acids is 2. The van der Waals surface area contributed by atoms with E-state index < -0.39 is 0 Å². The SMILES string of the molecule is CCCCCSc1ncccc1C(=O)NNC(=O)NC1CCCCC1. The monoisotopic (exact) mass is 364 g/mol. The second-order valence-corrected chi connectivity index (χ2v) is 7.38. The fourth-order valence-corrected chi connectivity index (χ4v) is 3.84. The second-order valence-electron chi connectivity index (χ2n) is 6.30. The molecular weight excluding hydrogens is 336 g/mol. The van der Waals surface area contributed by atoms with Crippen molar-refractivity contribution in [3.63, 3.8) is 0 Å². The van der Waals surface area contributed by atoms with Crippen LogP contribution in [0.15, 0.2) is 23.4 Å². The van der Waals surface area contributed by atoms with E-state index in [-0.39, 0.29) is 18.0 Å². The van der Waals surface area contributed by atoms with Crippen LogP contribution in [0.5, 0.6) is 0 Å². The summed E-state index contributed by atoms with van der Waals surface area (Å²) in [6, 6.07) is 3.30. The number of aromatic nitrogens is 1. The van der Waals surface area contributed by atoms with E-state index in [1.807, 2.05) is 0 Å². The lowest BCUT2D eigenvalue weighted by atomic mass is 9.96. The Labute approximate surface area is 153 Å². The predicted molar refractivity (Wildman–Crippen MR) is 100 cm³/mol. The third kappa shape index (κ3) is 6.94. The van der Waals surface area contributed by atoms with Gasteiger partial charge in [-0.2, -0.15) is 0 Å². The van der Waals surface area contributed by atoms with Crippen molar-refractivity contribution in [1.29, 1.82) is 0 Å².